The van der Waals surface area contributed by atoms with E-state index in [1.165, 1.54) is 0 Å². The Morgan fingerprint density at radius 3 is 2.87 bits per heavy atom. The van der Waals surface area contributed by atoms with Crippen molar-refractivity contribution in [2.24, 2.45) is 0 Å². The number of hydrogen-bond donors (Lipinski definition) is 0. The van der Waals surface area contributed by atoms with E-state index in [-0.39, 0.29) is 5.78 Å². The Morgan fingerprint density at radius 2 is 2.27 bits per heavy atom. The molecular formula is C12H14N2O. The van der Waals surface area contributed by atoms with Gasteiger partial charge in [-0.3, -0.25) is 9.78 Å². The molecule has 0 aliphatic heterocycles. The molecule has 2 heterocycles. The maximum atomic E-state index is 11.5. The molecule has 0 saturated heterocycles. The summed E-state index contributed by atoms with van der Waals surface area (Å²) < 4.78 is 2.03. The topological polar surface area (TPSA) is 34.4 Å². The Labute approximate surface area is 88.8 Å². The standard InChI is InChI=1S/C12H14N2O/c1-4-11-12-10(9(3)15)7-8(2)14(12)6-5-13-11/h5-7H,4H2,1-3H3. The molecule has 2 rings (SSSR count). The molecule has 0 amide bonds. The monoisotopic (exact) mass is 202 g/mol. The molecule has 0 aliphatic carbocycles. The lowest BCUT2D eigenvalue weighted by atomic mass is 10.1. The van der Waals surface area contributed by atoms with Gasteiger partial charge in [-0.05, 0) is 26.3 Å². The minimum Gasteiger partial charge on any atom is -0.317 e. The number of rotatable bonds is 2. The van der Waals surface area contributed by atoms with Crippen LogP contribution in [0.3, 0.4) is 0 Å². The zero-order valence-electron chi connectivity index (χ0n) is 9.24. The Morgan fingerprint density at radius 1 is 1.53 bits per heavy atom. The Hall–Kier alpha value is -1.64. The predicted molar refractivity (Wildman–Crippen MR) is 59.3 cm³/mol. The summed E-state index contributed by atoms with van der Waals surface area (Å²) in [6.45, 7) is 5.65. The number of aryl methyl sites for hydroxylation is 2. The van der Waals surface area contributed by atoms with Gasteiger partial charge in [-0.15, -0.1) is 0 Å². The first-order valence-corrected chi connectivity index (χ1v) is 5.11. The third-order valence-electron chi connectivity index (χ3n) is 2.66. The van der Waals surface area contributed by atoms with Gasteiger partial charge < -0.3 is 4.40 Å². The third-order valence-corrected chi connectivity index (χ3v) is 2.66. The second-order valence-electron chi connectivity index (χ2n) is 3.70. The van der Waals surface area contributed by atoms with Gasteiger partial charge in [0, 0.05) is 23.7 Å². The van der Waals surface area contributed by atoms with E-state index in [2.05, 4.69) is 11.9 Å². The highest BCUT2D eigenvalue weighted by Crippen LogP contribution is 2.20. The van der Waals surface area contributed by atoms with Crippen molar-refractivity contribution in [3.63, 3.8) is 0 Å². The van der Waals surface area contributed by atoms with Gasteiger partial charge in [0.05, 0.1) is 11.2 Å². The van der Waals surface area contributed by atoms with Crippen molar-refractivity contribution in [3.8, 4) is 0 Å². The highest BCUT2D eigenvalue weighted by Gasteiger charge is 2.13. The lowest BCUT2D eigenvalue weighted by molar-refractivity contribution is 0.101. The molecule has 0 unspecified atom stereocenters. The first-order valence-electron chi connectivity index (χ1n) is 5.11. The van der Waals surface area contributed by atoms with E-state index >= 15 is 0 Å². The summed E-state index contributed by atoms with van der Waals surface area (Å²) in [5, 5.41) is 0. The van der Waals surface area contributed by atoms with Crippen LogP contribution < -0.4 is 0 Å². The van der Waals surface area contributed by atoms with Crippen molar-refractivity contribution in [1.82, 2.24) is 9.38 Å². The zero-order chi connectivity index (χ0) is 11.0. The molecule has 2 aromatic rings. The van der Waals surface area contributed by atoms with Crippen molar-refractivity contribution in [3.05, 3.63) is 35.4 Å². The van der Waals surface area contributed by atoms with Crippen molar-refractivity contribution >= 4 is 11.3 Å². The number of Topliss-reactive ketones (excluding diaryl/α,β-unsaturated/α-hetero) is 1. The molecule has 0 N–H and O–H groups in total. The molecule has 78 valence electrons. The second kappa shape index (κ2) is 3.50. The van der Waals surface area contributed by atoms with Crippen molar-refractivity contribution in [2.75, 3.05) is 0 Å². The van der Waals surface area contributed by atoms with Crippen LogP contribution in [0, 0.1) is 6.92 Å². The molecule has 0 radical (unpaired) electrons. The minimum atomic E-state index is 0.100. The average molecular weight is 202 g/mol. The second-order valence-corrected chi connectivity index (χ2v) is 3.70. The first kappa shape index (κ1) is 9.90. The van der Waals surface area contributed by atoms with Gasteiger partial charge in [-0.25, -0.2) is 0 Å². The smallest absolute Gasteiger partial charge is 0.162 e. The quantitative estimate of drug-likeness (QED) is 0.701. The van der Waals surface area contributed by atoms with E-state index in [4.69, 9.17) is 0 Å². The Kier molecular flexibility index (Phi) is 2.31. The van der Waals surface area contributed by atoms with E-state index < -0.39 is 0 Å². The number of nitrogens with zero attached hydrogens (tertiary/aromatic N) is 2. The fourth-order valence-electron chi connectivity index (χ4n) is 1.92. The zero-order valence-corrected chi connectivity index (χ0v) is 9.24. The van der Waals surface area contributed by atoms with Gasteiger partial charge >= 0.3 is 0 Å². The van der Waals surface area contributed by atoms with Crippen LogP contribution in [-0.4, -0.2) is 15.2 Å². The van der Waals surface area contributed by atoms with Gasteiger partial charge in [-0.2, -0.15) is 0 Å². The third kappa shape index (κ3) is 1.44. The Balaban J connectivity index is 2.88. The van der Waals surface area contributed by atoms with Crippen LogP contribution in [0.25, 0.3) is 5.52 Å². The predicted octanol–water partition coefficient (Wildman–Crippen LogP) is 2.41. The molecule has 0 spiro atoms. The van der Waals surface area contributed by atoms with Gasteiger partial charge in [-0.1, -0.05) is 6.92 Å². The van der Waals surface area contributed by atoms with Gasteiger partial charge in [0.25, 0.3) is 0 Å². The van der Waals surface area contributed by atoms with E-state index in [0.717, 1.165) is 28.9 Å². The van der Waals surface area contributed by atoms with Gasteiger partial charge in [0.15, 0.2) is 5.78 Å². The summed E-state index contributed by atoms with van der Waals surface area (Å²) in [6, 6.07) is 1.93. The normalized spacial score (nSPS) is 10.9. The lowest BCUT2D eigenvalue weighted by Gasteiger charge is -2.03. The average Bonchev–Trinajstić information content (AvgIpc) is 2.56. The van der Waals surface area contributed by atoms with Crippen LogP contribution in [-0.2, 0) is 6.42 Å². The molecule has 0 atom stereocenters. The van der Waals surface area contributed by atoms with Crippen molar-refractivity contribution in [1.29, 1.82) is 0 Å². The van der Waals surface area contributed by atoms with E-state index in [0.29, 0.717) is 0 Å². The number of carbonyl (C=O) groups is 1. The van der Waals surface area contributed by atoms with E-state index in [9.17, 15) is 4.79 Å². The van der Waals surface area contributed by atoms with Crippen LogP contribution in [0.1, 0.15) is 35.6 Å². The number of aromatic nitrogens is 2. The lowest BCUT2D eigenvalue weighted by Crippen LogP contribution is -1.98. The molecule has 0 aromatic carbocycles. The molecule has 0 saturated carbocycles. The maximum Gasteiger partial charge on any atom is 0.162 e. The molecule has 0 bridgehead atoms. The molecule has 2 aromatic heterocycles. The maximum absolute atomic E-state index is 11.5. The number of carbonyl (C=O) groups excluding carboxylic acids is 1. The molecular weight excluding hydrogens is 188 g/mol. The fraction of sp³-hybridized carbons (Fsp3) is 0.333. The van der Waals surface area contributed by atoms with E-state index in [1.54, 1.807) is 13.1 Å². The van der Waals surface area contributed by atoms with Crippen LogP contribution in [0.5, 0.6) is 0 Å². The SMILES string of the molecule is CCc1nccn2c(C)cc(C(C)=O)c12. The largest absolute Gasteiger partial charge is 0.317 e. The molecule has 15 heavy (non-hydrogen) atoms. The summed E-state index contributed by atoms with van der Waals surface area (Å²) >= 11 is 0. The van der Waals surface area contributed by atoms with Crippen molar-refractivity contribution < 1.29 is 4.79 Å². The first-order chi connectivity index (χ1) is 7.15. The Bertz CT molecular complexity index is 526. The van der Waals surface area contributed by atoms with Crippen LogP contribution in [0.2, 0.25) is 0 Å². The molecule has 0 fully saturated rings. The fourth-order valence-corrected chi connectivity index (χ4v) is 1.92. The van der Waals surface area contributed by atoms with Gasteiger partial charge in [0.2, 0.25) is 0 Å². The summed E-state index contributed by atoms with van der Waals surface area (Å²) in [6.07, 6.45) is 4.52. The minimum absolute atomic E-state index is 0.100. The highest BCUT2D eigenvalue weighted by molar-refractivity contribution is 6.01. The molecule has 3 nitrogen and oxygen atoms in total. The van der Waals surface area contributed by atoms with Crippen LogP contribution >= 0.6 is 0 Å². The molecule has 3 heteroatoms. The van der Waals surface area contributed by atoms with Crippen LogP contribution in [0.15, 0.2) is 18.5 Å². The number of fused-ring (bicyclic) bond motifs is 1. The summed E-state index contributed by atoms with van der Waals surface area (Å²) in [7, 11) is 0. The molecule has 0 aliphatic rings. The summed E-state index contributed by atoms with van der Waals surface area (Å²) in [5.74, 6) is 0.100. The summed E-state index contributed by atoms with van der Waals surface area (Å²) in [5.41, 5.74) is 3.80. The number of hydrogen-bond acceptors (Lipinski definition) is 2. The van der Waals surface area contributed by atoms with Crippen LogP contribution in [0.4, 0.5) is 0 Å². The highest BCUT2D eigenvalue weighted by atomic mass is 16.1. The number of ketones is 1. The van der Waals surface area contributed by atoms with E-state index in [1.807, 2.05) is 23.6 Å². The summed E-state index contributed by atoms with van der Waals surface area (Å²) in [4.78, 5) is 15.8. The van der Waals surface area contributed by atoms with Crippen molar-refractivity contribution in [2.45, 2.75) is 27.2 Å². The van der Waals surface area contributed by atoms with Gasteiger partial charge in [0.1, 0.15) is 0 Å².